The molecule has 2 aromatic carbocycles. The minimum atomic E-state index is -0.314. The number of hydrogen-bond acceptors (Lipinski definition) is 3. The van der Waals surface area contributed by atoms with Crippen molar-refractivity contribution in [1.29, 1.82) is 0 Å². The molecule has 0 atom stereocenters. The maximum absolute atomic E-state index is 13.1. The number of hydrogen-bond donors (Lipinski definition) is 1. The molecule has 0 radical (unpaired) electrons. The van der Waals surface area contributed by atoms with E-state index < -0.39 is 0 Å². The molecule has 3 rings (SSSR count). The van der Waals surface area contributed by atoms with Crippen LogP contribution in [-0.4, -0.2) is 19.1 Å². The van der Waals surface area contributed by atoms with Gasteiger partial charge in [0.15, 0.2) is 0 Å². The van der Waals surface area contributed by atoms with Crippen molar-refractivity contribution in [1.82, 2.24) is 5.32 Å². The summed E-state index contributed by atoms with van der Waals surface area (Å²) in [6, 6.07) is 11.9. The van der Waals surface area contributed by atoms with E-state index in [1.54, 1.807) is 17.0 Å². The van der Waals surface area contributed by atoms with Gasteiger partial charge in [-0.05, 0) is 42.0 Å². The molecule has 128 valence electrons. The van der Waals surface area contributed by atoms with Gasteiger partial charge < -0.3 is 15.0 Å². The average molecular weight is 351 g/mol. The third kappa shape index (κ3) is 4.24. The molecule has 0 spiro atoms. The van der Waals surface area contributed by atoms with Gasteiger partial charge in [0.2, 0.25) is 5.91 Å². The number of amides is 1. The molecule has 24 heavy (non-hydrogen) atoms. The zero-order chi connectivity index (χ0) is 16.2. The van der Waals surface area contributed by atoms with Crippen molar-refractivity contribution < 1.29 is 13.9 Å². The number of halogens is 2. The van der Waals surface area contributed by atoms with Crippen LogP contribution in [0.5, 0.6) is 5.75 Å². The summed E-state index contributed by atoms with van der Waals surface area (Å²) >= 11 is 0. The van der Waals surface area contributed by atoms with Gasteiger partial charge >= 0.3 is 0 Å². The van der Waals surface area contributed by atoms with E-state index in [4.69, 9.17) is 4.74 Å². The lowest BCUT2D eigenvalue weighted by Crippen LogP contribution is -2.27. The van der Waals surface area contributed by atoms with Crippen LogP contribution in [0.25, 0.3) is 0 Å². The maximum Gasteiger partial charge on any atom is 0.224 e. The van der Waals surface area contributed by atoms with Crippen LogP contribution >= 0.6 is 12.4 Å². The van der Waals surface area contributed by atoms with E-state index >= 15 is 0 Å². The van der Waals surface area contributed by atoms with Crippen LogP contribution in [0.2, 0.25) is 0 Å². The predicted octanol–water partition coefficient (Wildman–Crippen LogP) is 3.28. The number of rotatable bonds is 3. The summed E-state index contributed by atoms with van der Waals surface area (Å²) in [5.41, 5.74) is 2.78. The van der Waals surface area contributed by atoms with E-state index in [-0.39, 0.29) is 24.1 Å². The first-order chi connectivity index (χ1) is 11.1. The lowest BCUT2D eigenvalue weighted by Gasteiger charge is -2.22. The zero-order valence-electron chi connectivity index (χ0n) is 13.4. The Balaban J connectivity index is 0.00000208. The summed E-state index contributed by atoms with van der Waals surface area (Å²) in [5, 5.41) is 3.30. The van der Waals surface area contributed by atoms with Gasteiger partial charge in [-0.3, -0.25) is 4.79 Å². The number of ether oxygens (including phenoxy) is 1. The summed E-state index contributed by atoms with van der Waals surface area (Å²) in [7, 11) is 0. The molecule has 1 aliphatic heterocycles. The molecule has 2 aromatic rings. The molecule has 0 aliphatic carbocycles. The second-order valence-corrected chi connectivity index (χ2v) is 5.55. The maximum atomic E-state index is 13.1. The fourth-order valence-electron chi connectivity index (χ4n) is 2.65. The van der Waals surface area contributed by atoms with Gasteiger partial charge in [-0.2, -0.15) is 0 Å². The van der Waals surface area contributed by atoms with Crippen molar-refractivity contribution in [3.63, 3.8) is 0 Å². The Kier molecular flexibility index (Phi) is 6.17. The van der Waals surface area contributed by atoms with Crippen LogP contribution < -0.4 is 15.0 Å². The first kappa shape index (κ1) is 18.2. The highest BCUT2D eigenvalue weighted by atomic mass is 35.5. The Hall–Kier alpha value is -2.11. The fourth-order valence-corrected chi connectivity index (χ4v) is 2.65. The first-order valence-electron chi connectivity index (χ1n) is 7.62. The van der Waals surface area contributed by atoms with Crippen molar-refractivity contribution in [2.75, 3.05) is 18.1 Å². The van der Waals surface area contributed by atoms with Crippen LogP contribution in [0.4, 0.5) is 10.1 Å². The lowest BCUT2D eigenvalue weighted by molar-refractivity contribution is -0.116. The monoisotopic (exact) mass is 350 g/mol. The van der Waals surface area contributed by atoms with Gasteiger partial charge in [0, 0.05) is 31.3 Å². The van der Waals surface area contributed by atoms with Crippen LogP contribution in [0.15, 0.2) is 42.5 Å². The summed E-state index contributed by atoms with van der Waals surface area (Å²) < 4.78 is 18.7. The Labute approximate surface area is 147 Å². The third-order valence-corrected chi connectivity index (χ3v) is 3.84. The number of carbonyl (C=O) groups is 1. The molecule has 1 N–H and O–H groups in total. The number of nitrogens with one attached hydrogen (secondary N) is 1. The lowest BCUT2D eigenvalue weighted by atomic mass is 10.1. The number of fused-ring (bicyclic) bond motifs is 1. The first-order valence-corrected chi connectivity index (χ1v) is 7.62. The largest absolute Gasteiger partial charge is 0.492 e. The van der Waals surface area contributed by atoms with Gasteiger partial charge in [-0.1, -0.05) is 6.07 Å². The van der Waals surface area contributed by atoms with Crippen LogP contribution in [0.1, 0.15) is 18.1 Å². The standard InChI is InChI=1S/C18H19FN2O2.ClH/c1-13(22)21(17-5-3-16(19)4-6-17)12-14-2-7-18-15(10-14)11-20-8-9-23-18;/h2-7,10,20H,8-9,11-12H2,1H3;1H. The van der Waals surface area contributed by atoms with E-state index in [0.717, 1.165) is 30.0 Å². The molecule has 6 heteroatoms. The van der Waals surface area contributed by atoms with Gasteiger partial charge in [0.25, 0.3) is 0 Å². The third-order valence-electron chi connectivity index (χ3n) is 3.84. The minimum Gasteiger partial charge on any atom is -0.492 e. The summed E-state index contributed by atoms with van der Waals surface area (Å²) in [5.74, 6) is 0.487. The molecular weight excluding hydrogens is 331 g/mol. The zero-order valence-corrected chi connectivity index (χ0v) is 14.2. The summed E-state index contributed by atoms with van der Waals surface area (Å²) in [4.78, 5) is 13.6. The van der Waals surface area contributed by atoms with Crippen molar-refractivity contribution in [2.45, 2.75) is 20.0 Å². The molecular formula is C18H20ClFN2O2. The highest BCUT2D eigenvalue weighted by Gasteiger charge is 2.14. The molecule has 0 aromatic heterocycles. The molecule has 0 bridgehead atoms. The smallest absolute Gasteiger partial charge is 0.224 e. The number of anilines is 1. The molecule has 0 saturated carbocycles. The van der Waals surface area contributed by atoms with E-state index in [9.17, 15) is 9.18 Å². The van der Waals surface area contributed by atoms with Crippen LogP contribution in [0.3, 0.4) is 0 Å². The van der Waals surface area contributed by atoms with E-state index in [1.807, 2.05) is 18.2 Å². The van der Waals surface area contributed by atoms with Gasteiger partial charge in [0.05, 0.1) is 6.54 Å². The van der Waals surface area contributed by atoms with Gasteiger partial charge in [0.1, 0.15) is 18.2 Å². The Morgan fingerprint density at radius 2 is 2.00 bits per heavy atom. The molecule has 4 nitrogen and oxygen atoms in total. The Bertz CT molecular complexity index is 707. The fraction of sp³-hybridized carbons (Fsp3) is 0.278. The molecule has 1 heterocycles. The SMILES string of the molecule is CC(=O)N(Cc1ccc2c(c1)CNCCO2)c1ccc(F)cc1.Cl. The highest BCUT2D eigenvalue weighted by Crippen LogP contribution is 2.24. The molecule has 0 fully saturated rings. The van der Waals surface area contributed by atoms with Crippen molar-refractivity contribution in [3.05, 3.63) is 59.4 Å². The second-order valence-electron chi connectivity index (χ2n) is 5.55. The van der Waals surface area contributed by atoms with Crippen LogP contribution in [0, 0.1) is 5.82 Å². The molecule has 1 aliphatic rings. The molecule has 0 unspecified atom stereocenters. The van der Waals surface area contributed by atoms with E-state index in [2.05, 4.69) is 5.32 Å². The molecule has 0 saturated heterocycles. The quantitative estimate of drug-likeness (QED) is 0.923. The number of nitrogens with zero attached hydrogens (tertiary/aromatic N) is 1. The second kappa shape index (κ2) is 8.13. The van der Waals surface area contributed by atoms with Crippen LogP contribution in [-0.2, 0) is 17.9 Å². The molecule has 1 amide bonds. The number of benzene rings is 2. The summed E-state index contributed by atoms with van der Waals surface area (Å²) in [6.45, 7) is 4.17. The summed E-state index contributed by atoms with van der Waals surface area (Å²) in [6.07, 6.45) is 0. The van der Waals surface area contributed by atoms with Crippen molar-refractivity contribution >= 4 is 24.0 Å². The van der Waals surface area contributed by atoms with Gasteiger partial charge in [-0.25, -0.2) is 4.39 Å². The Morgan fingerprint density at radius 3 is 2.71 bits per heavy atom. The highest BCUT2D eigenvalue weighted by molar-refractivity contribution is 5.91. The van der Waals surface area contributed by atoms with Crippen molar-refractivity contribution in [2.24, 2.45) is 0 Å². The predicted molar refractivity (Wildman–Crippen MR) is 94.2 cm³/mol. The van der Waals surface area contributed by atoms with E-state index in [0.29, 0.717) is 18.8 Å². The normalized spacial score (nSPS) is 13.1. The van der Waals surface area contributed by atoms with Gasteiger partial charge in [-0.15, -0.1) is 12.4 Å². The number of carbonyl (C=O) groups excluding carboxylic acids is 1. The topological polar surface area (TPSA) is 41.6 Å². The Morgan fingerprint density at radius 1 is 1.25 bits per heavy atom. The van der Waals surface area contributed by atoms with E-state index in [1.165, 1.54) is 19.1 Å². The average Bonchev–Trinajstić information content (AvgIpc) is 2.78. The minimum absolute atomic E-state index is 0. The van der Waals surface area contributed by atoms with Crippen molar-refractivity contribution in [3.8, 4) is 5.75 Å².